The van der Waals surface area contributed by atoms with Gasteiger partial charge < -0.3 is 14.2 Å². The maximum Gasteiger partial charge on any atom is 0.336 e. The number of hydrogen-bond acceptors (Lipinski definition) is 5. The maximum atomic E-state index is 12.2. The van der Waals surface area contributed by atoms with Gasteiger partial charge in [0, 0.05) is 6.08 Å². The van der Waals surface area contributed by atoms with Crippen LogP contribution in [0.15, 0.2) is 78.9 Å². The highest BCUT2D eigenvalue weighted by molar-refractivity contribution is 5.91. The SMILES string of the molecule is COc1ccc(/C(C#N)=C\c2cccc(OC(=O)/C=C/c3cccc(OC)c3)c2)cc1. The van der Waals surface area contributed by atoms with Gasteiger partial charge in [0.1, 0.15) is 17.2 Å². The Hall–Kier alpha value is -4.30. The predicted octanol–water partition coefficient (Wildman–Crippen LogP) is 5.39. The van der Waals surface area contributed by atoms with Gasteiger partial charge in [0.2, 0.25) is 0 Å². The number of esters is 1. The van der Waals surface area contributed by atoms with Gasteiger partial charge in [-0.1, -0.05) is 24.3 Å². The van der Waals surface area contributed by atoms with Gasteiger partial charge in [-0.2, -0.15) is 5.26 Å². The van der Waals surface area contributed by atoms with E-state index in [1.54, 1.807) is 56.7 Å². The fourth-order valence-electron chi connectivity index (χ4n) is 2.84. The lowest BCUT2D eigenvalue weighted by Gasteiger charge is -2.05. The molecule has 0 aliphatic carbocycles. The summed E-state index contributed by atoms with van der Waals surface area (Å²) in [6.07, 6.45) is 4.76. The van der Waals surface area contributed by atoms with Gasteiger partial charge in [-0.25, -0.2) is 4.79 Å². The second kappa shape index (κ2) is 10.5. The number of carbonyl (C=O) groups is 1. The molecule has 0 aliphatic heterocycles. The molecule has 0 bridgehead atoms. The number of nitrogens with zero attached hydrogens (tertiary/aromatic N) is 1. The van der Waals surface area contributed by atoms with E-state index in [0.29, 0.717) is 17.1 Å². The van der Waals surface area contributed by atoms with E-state index in [-0.39, 0.29) is 0 Å². The van der Waals surface area contributed by atoms with E-state index >= 15 is 0 Å². The van der Waals surface area contributed by atoms with Crippen molar-refractivity contribution < 1.29 is 19.0 Å². The van der Waals surface area contributed by atoms with Crippen LogP contribution >= 0.6 is 0 Å². The summed E-state index contributed by atoms with van der Waals surface area (Å²) in [4.78, 5) is 12.2. The molecule has 5 nitrogen and oxygen atoms in total. The molecule has 0 aliphatic rings. The molecule has 0 saturated heterocycles. The molecule has 5 heteroatoms. The Bertz CT molecular complexity index is 1150. The van der Waals surface area contributed by atoms with E-state index < -0.39 is 5.97 Å². The second-order valence-electron chi connectivity index (χ2n) is 6.50. The lowest BCUT2D eigenvalue weighted by atomic mass is 10.0. The Morgan fingerprint density at radius 1 is 0.839 bits per heavy atom. The molecule has 0 heterocycles. The number of nitriles is 1. The molecule has 3 rings (SSSR count). The van der Waals surface area contributed by atoms with Crippen molar-refractivity contribution in [2.45, 2.75) is 0 Å². The van der Waals surface area contributed by atoms with Crippen molar-refractivity contribution in [3.63, 3.8) is 0 Å². The maximum absolute atomic E-state index is 12.2. The number of carbonyl (C=O) groups excluding carboxylic acids is 1. The highest BCUT2D eigenvalue weighted by atomic mass is 16.5. The van der Waals surface area contributed by atoms with Crippen LogP contribution in [0.25, 0.3) is 17.7 Å². The monoisotopic (exact) mass is 411 g/mol. The fourth-order valence-corrected chi connectivity index (χ4v) is 2.84. The average molecular weight is 411 g/mol. The zero-order valence-electron chi connectivity index (χ0n) is 17.2. The third-order valence-electron chi connectivity index (χ3n) is 4.41. The van der Waals surface area contributed by atoms with Crippen LogP contribution in [0.1, 0.15) is 16.7 Å². The molecule has 3 aromatic rings. The molecule has 0 saturated carbocycles. The molecular formula is C26H21NO4. The van der Waals surface area contributed by atoms with Crippen LogP contribution in [0.5, 0.6) is 17.2 Å². The van der Waals surface area contributed by atoms with Crippen LogP contribution in [-0.2, 0) is 4.79 Å². The van der Waals surface area contributed by atoms with Crippen LogP contribution in [0.3, 0.4) is 0 Å². The Balaban J connectivity index is 1.72. The molecule has 154 valence electrons. The zero-order chi connectivity index (χ0) is 22.1. The van der Waals surface area contributed by atoms with Crippen LogP contribution < -0.4 is 14.2 Å². The number of benzene rings is 3. The van der Waals surface area contributed by atoms with Gasteiger partial charge in [-0.05, 0) is 77.4 Å². The lowest BCUT2D eigenvalue weighted by Crippen LogP contribution is -2.03. The lowest BCUT2D eigenvalue weighted by molar-refractivity contribution is -0.128. The summed E-state index contributed by atoms with van der Waals surface area (Å²) in [6.45, 7) is 0. The first-order valence-electron chi connectivity index (χ1n) is 9.51. The van der Waals surface area contributed by atoms with E-state index in [4.69, 9.17) is 14.2 Å². The van der Waals surface area contributed by atoms with Crippen molar-refractivity contribution in [1.29, 1.82) is 5.26 Å². The van der Waals surface area contributed by atoms with Gasteiger partial charge in [0.15, 0.2) is 0 Å². The summed E-state index contributed by atoms with van der Waals surface area (Å²) < 4.78 is 15.7. The van der Waals surface area contributed by atoms with Gasteiger partial charge in [0.25, 0.3) is 0 Å². The van der Waals surface area contributed by atoms with Crippen molar-refractivity contribution in [1.82, 2.24) is 0 Å². The van der Waals surface area contributed by atoms with Crippen molar-refractivity contribution in [3.8, 4) is 23.3 Å². The minimum Gasteiger partial charge on any atom is -0.497 e. The summed E-state index contributed by atoms with van der Waals surface area (Å²) in [6, 6.07) is 23.8. The number of rotatable bonds is 7. The van der Waals surface area contributed by atoms with Gasteiger partial charge in [0.05, 0.1) is 25.9 Å². The second-order valence-corrected chi connectivity index (χ2v) is 6.50. The molecule has 0 unspecified atom stereocenters. The minimum atomic E-state index is -0.500. The molecule has 0 fully saturated rings. The summed E-state index contributed by atoms with van der Waals surface area (Å²) in [5.74, 6) is 1.32. The molecule has 0 atom stereocenters. The summed E-state index contributed by atoms with van der Waals surface area (Å²) in [7, 11) is 3.18. The average Bonchev–Trinajstić information content (AvgIpc) is 2.81. The van der Waals surface area contributed by atoms with Crippen LogP contribution in [0.4, 0.5) is 0 Å². The van der Waals surface area contributed by atoms with Crippen molar-refractivity contribution >= 4 is 23.7 Å². The first-order valence-corrected chi connectivity index (χ1v) is 9.51. The Labute approximate surface area is 181 Å². The van der Waals surface area contributed by atoms with E-state index in [9.17, 15) is 10.1 Å². The largest absolute Gasteiger partial charge is 0.497 e. The Morgan fingerprint density at radius 2 is 1.48 bits per heavy atom. The molecule has 31 heavy (non-hydrogen) atoms. The van der Waals surface area contributed by atoms with E-state index in [1.807, 2.05) is 42.5 Å². The molecular weight excluding hydrogens is 390 g/mol. The topological polar surface area (TPSA) is 68.5 Å². The number of allylic oxidation sites excluding steroid dienone is 1. The fraction of sp³-hybridized carbons (Fsp3) is 0.0769. The van der Waals surface area contributed by atoms with Crippen LogP contribution in [-0.4, -0.2) is 20.2 Å². The highest BCUT2D eigenvalue weighted by Gasteiger charge is 2.05. The van der Waals surface area contributed by atoms with Gasteiger partial charge in [-0.15, -0.1) is 0 Å². The molecule has 3 aromatic carbocycles. The van der Waals surface area contributed by atoms with Crippen molar-refractivity contribution in [2.24, 2.45) is 0 Å². The van der Waals surface area contributed by atoms with Crippen molar-refractivity contribution in [3.05, 3.63) is 95.6 Å². The van der Waals surface area contributed by atoms with Crippen LogP contribution in [0.2, 0.25) is 0 Å². The highest BCUT2D eigenvalue weighted by Crippen LogP contribution is 2.23. The standard InChI is InChI=1S/C26H21NO4/c1-29-23-12-10-21(11-13-23)22(18-27)15-20-6-4-8-25(17-20)31-26(28)14-9-19-5-3-7-24(16-19)30-2/h3-17H,1-2H3/b14-9+,22-15-. The Kier molecular flexibility index (Phi) is 7.23. The number of hydrogen-bond donors (Lipinski definition) is 0. The molecule has 0 radical (unpaired) electrons. The molecule has 0 N–H and O–H groups in total. The summed E-state index contributed by atoms with van der Waals surface area (Å²) >= 11 is 0. The summed E-state index contributed by atoms with van der Waals surface area (Å²) in [5.41, 5.74) is 2.83. The van der Waals surface area contributed by atoms with Gasteiger partial charge in [-0.3, -0.25) is 0 Å². The minimum absolute atomic E-state index is 0.390. The molecule has 0 aromatic heterocycles. The smallest absolute Gasteiger partial charge is 0.336 e. The zero-order valence-corrected chi connectivity index (χ0v) is 17.2. The first kappa shape index (κ1) is 21.4. The third-order valence-corrected chi connectivity index (χ3v) is 4.41. The Morgan fingerprint density at radius 3 is 2.16 bits per heavy atom. The predicted molar refractivity (Wildman–Crippen MR) is 121 cm³/mol. The van der Waals surface area contributed by atoms with Gasteiger partial charge >= 0.3 is 5.97 Å². The van der Waals surface area contributed by atoms with Crippen LogP contribution in [0, 0.1) is 11.3 Å². The normalized spacial score (nSPS) is 11.1. The van der Waals surface area contributed by atoms with E-state index in [2.05, 4.69) is 6.07 Å². The molecule has 0 amide bonds. The number of methoxy groups -OCH3 is 2. The van der Waals surface area contributed by atoms with Crippen molar-refractivity contribution in [2.75, 3.05) is 14.2 Å². The van der Waals surface area contributed by atoms with E-state index in [1.165, 1.54) is 6.08 Å². The first-order chi connectivity index (χ1) is 15.1. The summed E-state index contributed by atoms with van der Waals surface area (Å²) in [5, 5.41) is 9.54. The molecule has 0 spiro atoms. The van der Waals surface area contributed by atoms with E-state index in [0.717, 1.165) is 22.4 Å². The quantitative estimate of drug-likeness (QED) is 0.171. The number of ether oxygens (including phenoxy) is 3. The third kappa shape index (κ3) is 6.09.